The Hall–Kier alpha value is -2.10. The molecule has 0 unspecified atom stereocenters. The van der Waals surface area contributed by atoms with Crippen LogP contribution in [0.4, 0.5) is 0 Å². The van der Waals surface area contributed by atoms with Crippen LogP contribution in [0.15, 0.2) is 42.5 Å². The largest absolute Gasteiger partial charge is 0.352 e. The molecule has 124 valence electrons. The number of carbonyl (C=O) groups excluding carboxylic acids is 2. The van der Waals surface area contributed by atoms with Crippen LogP contribution < -0.4 is 5.32 Å². The molecule has 1 fully saturated rings. The Morgan fingerprint density at radius 2 is 2.09 bits per heavy atom. The Morgan fingerprint density at radius 1 is 1.35 bits per heavy atom. The summed E-state index contributed by atoms with van der Waals surface area (Å²) in [5, 5.41) is 2.89. The first-order valence-corrected chi connectivity index (χ1v) is 8.30. The summed E-state index contributed by atoms with van der Waals surface area (Å²) in [6.45, 7) is 7.45. The minimum atomic E-state index is -0.0937. The van der Waals surface area contributed by atoms with E-state index in [-0.39, 0.29) is 17.7 Å². The molecule has 0 bridgehead atoms. The Kier molecular flexibility index (Phi) is 6.39. The number of hydrogen-bond donors (Lipinski definition) is 1. The van der Waals surface area contributed by atoms with Crippen molar-refractivity contribution in [2.45, 2.75) is 32.6 Å². The van der Waals surface area contributed by atoms with Gasteiger partial charge in [0.25, 0.3) is 0 Å². The second kappa shape index (κ2) is 8.51. The van der Waals surface area contributed by atoms with E-state index in [1.54, 1.807) is 0 Å². The molecule has 1 atom stereocenters. The van der Waals surface area contributed by atoms with E-state index in [4.69, 9.17) is 0 Å². The van der Waals surface area contributed by atoms with Crippen LogP contribution in [0.2, 0.25) is 0 Å². The highest BCUT2D eigenvalue weighted by atomic mass is 16.2. The zero-order valence-electron chi connectivity index (χ0n) is 13.9. The van der Waals surface area contributed by atoms with Gasteiger partial charge in [-0.1, -0.05) is 42.5 Å². The number of piperidine rings is 1. The number of carbonyl (C=O) groups is 2. The van der Waals surface area contributed by atoms with Crippen LogP contribution in [0, 0.1) is 5.92 Å². The van der Waals surface area contributed by atoms with E-state index in [0.717, 1.165) is 25.0 Å². The Labute approximate surface area is 138 Å². The predicted octanol–water partition coefficient (Wildman–Crippen LogP) is 2.55. The summed E-state index contributed by atoms with van der Waals surface area (Å²) >= 11 is 0. The fourth-order valence-electron chi connectivity index (χ4n) is 2.85. The lowest BCUT2D eigenvalue weighted by Gasteiger charge is -2.32. The second-order valence-corrected chi connectivity index (χ2v) is 6.34. The highest BCUT2D eigenvalue weighted by molar-refractivity contribution is 5.83. The normalized spacial score (nSPS) is 17.9. The van der Waals surface area contributed by atoms with Gasteiger partial charge in [0, 0.05) is 26.1 Å². The standard InChI is InChI=1S/C19H26N2O2/c1-15(2)13-20-19(23)17-10-11-18(22)21(14-17)12-6-9-16-7-4-3-5-8-16/h3-5,7-8,17H,1,6,9-14H2,2H3,(H,20,23)/t17-/m1/s1. The molecule has 2 rings (SSSR count). The van der Waals surface area contributed by atoms with Gasteiger partial charge in [-0.15, -0.1) is 0 Å². The summed E-state index contributed by atoms with van der Waals surface area (Å²) in [4.78, 5) is 26.1. The van der Waals surface area contributed by atoms with Gasteiger partial charge in [-0.3, -0.25) is 9.59 Å². The van der Waals surface area contributed by atoms with Crippen molar-refractivity contribution >= 4 is 11.8 Å². The average Bonchev–Trinajstić information content (AvgIpc) is 2.55. The maximum atomic E-state index is 12.2. The van der Waals surface area contributed by atoms with Crippen molar-refractivity contribution in [2.75, 3.05) is 19.6 Å². The minimum Gasteiger partial charge on any atom is -0.352 e. The third-order valence-electron chi connectivity index (χ3n) is 4.17. The fraction of sp³-hybridized carbons (Fsp3) is 0.474. The van der Waals surface area contributed by atoms with Gasteiger partial charge >= 0.3 is 0 Å². The molecule has 0 aliphatic carbocycles. The number of amides is 2. The molecule has 1 heterocycles. The monoisotopic (exact) mass is 314 g/mol. The van der Waals surface area contributed by atoms with Gasteiger partial charge < -0.3 is 10.2 Å². The van der Waals surface area contributed by atoms with E-state index in [9.17, 15) is 9.59 Å². The zero-order chi connectivity index (χ0) is 16.7. The molecule has 1 saturated heterocycles. The minimum absolute atomic E-state index is 0.0357. The van der Waals surface area contributed by atoms with E-state index >= 15 is 0 Å². The molecule has 2 amide bonds. The first-order chi connectivity index (χ1) is 11.1. The maximum Gasteiger partial charge on any atom is 0.225 e. The molecular formula is C19H26N2O2. The number of hydrogen-bond acceptors (Lipinski definition) is 2. The summed E-state index contributed by atoms with van der Waals surface area (Å²) < 4.78 is 0. The molecule has 0 saturated carbocycles. The second-order valence-electron chi connectivity index (χ2n) is 6.34. The van der Waals surface area contributed by atoms with Crippen molar-refractivity contribution in [3.8, 4) is 0 Å². The van der Waals surface area contributed by atoms with E-state index in [1.165, 1.54) is 5.56 Å². The molecule has 1 N–H and O–H groups in total. The number of aryl methyl sites for hydroxylation is 1. The van der Waals surface area contributed by atoms with Crippen LogP contribution in [0.5, 0.6) is 0 Å². The van der Waals surface area contributed by atoms with Gasteiger partial charge in [-0.2, -0.15) is 0 Å². The third kappa shape index (κ3) is 5.55. The molecule has 1 aliphatic rings. The SMILES string of the molecule is C=C(C)CNC(=O)[C@@H]1CCC(=O)N(CCCc2ccccc2)C1. The first kappa shape index (κ1) is 17.3. The Balaban J connectivity index is 1.79. The summed E-state index contributed by atoms with van der Waals surface area (Å²) in [5.41, 5.74) is 2.22. The van der Waals surface area contributed by atoms with E-state index < -0.39 is 0 Å². The van der Waals surface area contributed by atoms with Crippen molar-refractivity contribution in [1.82, 2.24) is 10.2 Å². The molecule has 1 aliphatic heterocycles. The number of likely N-dealkylation sites (tertiary alicyclic amines) is 1. The molecule has 4 nitrogen and oxygen atoms in total. The van der Waals surface area contributed by atoms with Crippen molar-refractivity contribution < 1.29 is 9.59 Å². The van der Waals surface area contributed by atoms with Crippen molar-refractivity contribution in [3.05, 3.63) is 48.0 Å². The van der Waals surface area contributed by atoms with Gasteiger partial charge in [-0.25, -0.2) is 0 Å². The number of nitrogens with zero attached hydrogens (tertiary/aromatic N) is 1. The fourth-order valence-corrected chi connectivity index (χ4v) is 2.85. The summed E-state index contributed by atoms with van der Waals surface area (Å²) in [5.74, 6) is 0.111. The molecule has 4 heteroatoms. The van der Waals surface area contributed by atoms with Crippen LogP contribution in [-0.2, 0) is 16.0 Å². The van der Waals surface area contributed by atoms with Crippen LogP contribution in [-0.4, -0.2) is 36.3 Å². The lowest BCUT2D eigenvalue weighted by molar-refractivity contribution is -0.138. The highest BCUT2D eigenvalue weighted by Crippen LogP contribution is 2.18. The summed E-state index contributed by atoms with van der Waals surface area (Å²) in [7, 11) is 0. The molecular weight excluding hydrogens is 288 g/mol. The maximum absolute atomic E-state index is 12.2. The van der Waals surface area contributed by atoms with Crippen molar-refractivity contribution in [2.24, 2.45) is 5.92 Å². The predicted molar refractivity (Wildman–Crippen MR) is 91.9 cm³/mol. The van der Waals surface area contributed by atoms with Gasteiger partial charge in [-0.05, 0) is 31.7 Å². The molecule has 23 heavy (non-hydrogen) atoms. The van der Waals surface area contributed by atoms with Gasteiger partial charge in [0.05, 0.1) is 5.92 Å². The van der Waals surface area contributed by atoms with Crippen LogP contribution in [0.25, 0.3) is 0 Å². The highest BCUT2D eigenvalue weighted by Gasteiger charge is 2.29. The van der Waals surface area contributed by atoms with Crippen molar-refractivity contribution in [1.29, 1.82) is 0 Å². The summed E-state index contributed by atoms with van der Waals surface area (Å²) in [6, 6.07) is 10.3. The quantitative estimate of drug-likeness (QED) is 0.786. The van der Waals surface area contributed by atoms with E-state index in [2.05, 4.69) is 24.0 Å². The lowest BCUT2D eigenvalue weighted by atomic mass is 9.96. The molecule has 0 aromatic heterocycles. The first-order valence-electron chi connectivity index (χ1n) is 8.30. The van der Waals surface area contributed by atoms with Gasteiger partial charge in [0.1, 0.15) is 0 Å². The summed E-state index contributed by atoms with van der Waals surface area (Å²) in [6.07, 6.45) is 3.00. The van der Waals surface area contributed by atoms with Gasteiger partial charge in [0.2, 0.25) is 11.8 Å². The number of benzene rings is 1. The lowest BCUT2D eigenvalue weighted by Crippen LogP contribution is -2.46. The van der Waals surface area contributed by atoms with Crippen LogP contribution in [0.3, 0.4) is 0 Å². The molecule has 0 radical (unpaired) electrons. The number of nitrogens with one attached hydrogen (secondary N) is 1. The average molecular weight is 314 g/mol. The Bertz CT molecular complexity index is 554. The third-order valence-corrected chi connectivity index (χ3v) is 4.17. The van der Waals surface area contributed by atoms with Crippen LogP contribution in [0.1, 0.15) is 31.7 Å². The van der Waals surface area contributed by atoms with Gasteiger partial charge in [0.15, 0.2) is 0 Å². The molecule has 1 aromatic carbocycles. The zero-order valence-corrected chi connectivity index (χ0v) is 13.9. The van der Waals surface area contributed by atoms with E-state index in [0.29, 0.717) is 25.9 Å². The van der Waals surface area contributed by atoms with Crippen molar-refractivity contribution in [3.63, 3.8) is 0 Å². The Morgan fingerprint density at radius 3 is 2.78 bits per heavy atom. The number of rotatable bonds is 7. The topological polar surface area (TPSA) is 49.4 Å². The smallest absolute Gasteiger partial charge is 0.225 e. The van der Waals surface area contributed by atoms with E-state index in [1.807, 2.05) is 30.0 Å². The van der Waals surface area contributed by atoms with Crippen LogP contribution >= 0.6 is 0 Å². The molecule has 1 aromatic rings. The molecule has 0 spiro atoms.